The highest BCUT2D eigenvalue weighted by molar-refractivity contribution is 6.35. The predicted octanol–water partition coefficient (Wildman–Crippen LogP) is 6.03. The van der Waals surface area contributed by atoms with Crippen LogP contribution in [0.4, 0.5) is 11.4 Å². The van der Waals surface area contributed by atoms with E-state index in [1.807, 2.05) is 6.07 Å². The molecule has 0 fully saturated rings. The molecular weight excluding hydrogens is 481 g/mol. The van der Waals surface area contributed by atoms with E-state index in [4.69, 9.17) is 32.7 Å². The van der Waals surface area contributed by atoms with E-state index in [1.54, 1.807) is 42.5 Å². The lowest BCUT2D eigenvalue weighted by Crippen LogP contribution is -2.14. The number of ether oxygens (including phenoxy) is 2. The minimum absolute atomic E-state index is 0.0565. The van der Waals surface area contributed by atoms with Crippen LogP contribution in [-0.4, -0.2) is 17.9 Å². The van der Waals surface area contributed by atoms with Crippen molar-refractivity contribution in [3.05, 3.63) is 97.5 Å². The summed E-state index contributed by atoms with van der Waals surface area (Å²) in [6, 6.07) is 17.6. The number of nitro groups is 1. The molecule has 0 saturated carbocycles. The summed E-state index contributed by atoms with van der Waals surface area (Å²) in [5.41, 5.74) is 0.565. The van der Waals surface area contributed by atoms with Crippen LogP contribution in [0.3, 0.4) is 0 Å². The van der Waals surface area contributed by atoms with E-state index >= 15 is 0 Å². The molecule has 0 aliphatic carbocycles. The fourth-order valence-electron chi connectivity index (χ4n) is 2.89. The van der Waals surface area contributed by atoms with E-state index in [-0.39, 0.29) is 29.3 Å². The number of nitrogens with one attached hydrogen (secondary N) is 1. The lowest BCUT2D eigenvalue weighted by Gasteiger charge is -2.10. The van der Waals surface area contributed by atoms with Crippen LogP contribution in [0, 0.1) is 21.4 Å². The van der Waals surface area contributed by atoms with E-state index in [2.05, 4.69) is 5.32 Å². The molecule has 0 saturated heterocycles. The van der Waals surface area contributed by atoms with Crippen molar-refractivity contribution in [1.82, 2.24) is 0 Å². The predicted molar refractivity (Wildman–Crippen MR) is 129 cm³/mol. The molecule has 0 spiro atoms. The second kappa shape index (κ2) is 11.2. The van der Waals surface area contributed by atoms with Gasteiger partial charge in [-0.15, -0.1) is 0 Å². The molecule has 0 bridgehead atoms. The highest BCUT2D eigenvalue weighted by Gasteiger charge is 2.19. The van der Waals surface area contributed by atoms with Crippen molar-refractivity contribution in [3.63, 3.8) is 0 Å². The summed E-state index contributed by atoms with van der Waals surface area (Å²) in [6.07, 6.45) is 1.36. The molecule has 3 rings (SSSR count). The van der Waals surface area contributed by atoms with Crippen molar-refractivity contribution in [2.24, 2.45) is 0 Å². The summed E-state index contributed by atoms with van der Waals surface area (Å²) in [5, 5.41) is 24.1. The Hall–Kier alpha value is -4.06. The first kappa shape index (κ1) is 24.6. The highest BCUT2D eigenvalue weighted by atomic mass is 35.5. The number of anilines is 1. The summed E-state index contributed by atoms with van der Waals surface area (Å²) in [4.78, 5) is 23.2. The van der Waals surface area contributed by atoms with E-state index < -0.39 is 10.8 Å². The molecule has 0 aliphatic heterocycles. The lowest BCUT2D eigenvalue weighted by molar-refractivity contribution is -0.384. The minimum atomic E-state index is -0.788. The van der Waals surface area contributed by atoms with Crippen molar-refractivity contribution >= 4 is 46.6 Å². The number of hydrogen-bond donors (Lipinski definition) is 1. The first-order valence-electron chi connectivity index (χ1n) is 9.73. The fourth-order valence-corrected chi connectivity index (χ4v) is 3.39. The fraction of sp³-hybridized carbons (Fsp3) is 0.0833. The third kappa shape index (κ3) is 6.04. The van der Waals surface area contributed by atoms with Gasteiger partial charge in [-0.1, -0.05) is 41.4 Å². The Bertz CT molecular complexity index is 1280. The molecule has 34 heavy (non-hydrogen) atoms. The average Bonchev–Trinajstić information content (AvgIpc) is 2.83. The molecular formula is C24H17Cl2N3O5. The maximum absolute atomic E-state index is 12.6. The molecule has 8 nitrogen and oxygen atoms in total. The van der Waals surface area contributed by atoms with Crippen molar-refractivity contribution < 1.29 is 19.2 Å². The Labute approximate surface area is 205 Å². The zero-order chi connectivity index (χ0) is 24.7. The van der Waals surface area contributed by atoms with Gasteiger partial charge in [0, 0.05) is 15.6 Å². The molecule has 1 N–H and O–H groups in total. The van der Waals surface area contributed by atoms with E-state index in [1.165, 1.54) is 31.4 Å². The van der Waals surface area contributed by atoms with Crippen LogP contribution in [0.5, 0.6) is 11.5 Å². The van der Waals surface area contributed by atoms with Crippen LogP contribution < -0.4 is 14.8 Å². The van der Waals surface area contributed by atoms with Crippen LogP contribution in [0.25, 0.3) is 6.08 Å². The van der Waals surface area contributed by atoms with Crippen LogP contribution >= 0.6 is 23.2 Å². The average molecular weight is 498 g/mol. The number of halogens is 2. The molecule has 3 aromatic carbocycles. The van der Waals surface area contributed by atoms with Gasteiger partial charge < -0.3 is 14.8 Å². The summed E-state index contributed by atoms with van der Waals surface area (Å²) in [6.45, 7) is 0.167. The first-order valence-corrected chi connectivity index (χ1v) is 10.5. The number of carbonyl (C=O) groups excluding carboxylic acids is 1. The standard InChI is InChI=1S/C24H17Cl2N3O5/c1-33-18-9-10-22(23(12-18)29(31)32)28-24(30)16(13-27)11-15-5-7-17(8-6-15)34-14-19-20(25)3-2-4-21(19)26/h2-12H,14H2,1H3,(H,28,30)/b16-11+. The molecule has 10 heteroatoms. The number of amides is 1. The molecule has 0 radical (unpaired) electrons. The van der Waals surface area contributed by atoms with Gasteiger partial charge in [-0.25, -0.2) is 0 Å². The molecule has 1 amide bonds. The smallest absolute Gasteiger partial charge is 0.296 e. The van der Waals surface area contributed by atoms with Crippen LogP contribution in [-0.2, 0) is 11.4 Å². The zero-order valence-corrected chi connectivity index (χ0v) is 19.3. The SMILES string of the molecule is COc1ccc(NC(=O)/C(C#N)=C/c2ccc(OCc3c(Cl)cccc3Cl)cc2)c([N+](=O)[O-])c1. The van der Waals surface area contributed by atoms with Crippen LogP contribution in [0.2, 0.25) is 10.0 Å². The summed E-state index contributed by atoms with van der Waals surface area (Å²) in [5.74, 6) is 0.00858. The van der Waals surface area contributed by atoms with Gasteiger partial charge >= 0.3 is 0 Å². The van der Waals surface area contributed by atoms with Crippen molar-refractivity contribution in [2.45, 2.75) is 6.61 Å². The Morgan fingerprint density at radius 3 is 2.35 bits per heavy atom. The van der Waals surface area contributed by atoms with Gasteiger partial charge in [-0.3, -0.25) is 14.9 Å². The molecule has 0 unspecified atom stereocenters. The third-order valence-electron chi connectivity index (χ3n) is 4.65. The number of methoxy groups -OCH3 is 1. The molecule has 0 atom stereocenters. The highest BCUT2D eigenvalue weighted by Crippen LogP contribution is 2.29. The van der Waals surface area contributed by atoms with Gasteiger partial charge in [0.25, 0.3) is 11.6 Å². The summed E-state index contributed by atoms with van der Waals surface area (Å²) >= 11 is 12.3. The van der Waals surface area contributed by atoms with Crippen molar-refractivity contribution in [1.29, 1.82) is 5.26 Å². The van der Waals surface area contributed by atoms with E-state index in [0.717, 1.165) is 0 Å². The van der Waals surface area contributed by atoms with E-state index in [9.17, 15) is 20.2 Å². The molecule has 172 valence electrons. The molecule has 0 aromatic heterocycles. The van der Waals surface area contributed by atoms with Crippen LogP contribution in [0.15, 0.2) is 66.2 Å². The monoisotopic (exact) mass is 497 g/mol. The number of rotatable bonds is 8. The Balaban J connectivity index is 1.72. The molecule has 0 aliphatic rings. The van der Waals surface area contributed by atoms with Gasteiger partial charge in [-0.05, 0) is 48.0 Å². The second-order valence-electron chi connectivity index (χ2n) is 6.82. The lowest BCUT2D eigenvalue weighted by atomic mass is 10.1. The van der Waals surface area contributed by atoms with Gasteiger partial charge in [0.2, 0.25) is 0 Å². The Morgan fingerprint density at radius 1 is 1.12 bits per heavy atom. The first-order chi connectivity index (χ1) is 16.3. The third-order valence-corrected chi connectivity index (χ3v) is 5.36. The number of hydrogen-bond acceptors (Lipinski definition) is 6. The number of nitriles is 1. The Kier molecular flexibility index (Phi) is 8.09. The number of carbonyl (C=O) groups is 1. The second-order valence-corrected chi connectivity index (χ2v) is 7.64. The van der Waals surface area contributed by atoms with Gasteiger partial charge in [0.1, 0.15) is 35.4 Å². The topological polar surface area (TPSA) is 114 Å². The zero-order valence-electron chi connectivity index (χ0n) is 17.7. The normalized spacial score (nSPS) is 10.8. The summed E-state index contributed by atoms with van der Waals surface area (Å²) in [7, 11) is 1.37. The minimum Gasteiger partial charge on any atom is -0.496 e. The van der Waals surface area contributed by atoms with E-state index in [0.29, 0.717) is 26.9 Å². The largest absolute Gasteiger partial charge is 0.496 e. The number of benzene rings is 3. The van der Waals surface area contributed by atoms with Crippen LogP contribution in [0.1, 0.15) is 11.1 Å². The van der Waals surface area contributed by atoms with Crippen molar-refractivity contribution in [3.8, 4) is 17.6 Å². The maximum Gasteiger partial charge on any atom is 0.296 e. The number of nitrogens with zero attached hydrogens (tertiary/aromatic N) is 2. The molecule has 3 aromatic rings. The quantitative estimate of drug-likeness (QED) is 0.175. The van der Waals surface area contributed by atoms with Crippen molar-refractivity contribution in [2.75, 3.05) is 12.4 Å². The van der Waals surface area contributed by atoms with Gasteiger partial charge in [0.05, 0.1) is 18.1 Å². The molecule has 0 heterocycles. The Morgan fingerprint density at radius 2 is 1.76 bits per heavy atom. The number of nitro benzene ring substituents is 1. The maximum atomic E-state index is 12.6. The van der Waals surface area contributed by atoms with Gasteiger partial charge in [0.15, 0.2) is 0 Å². The van der Waals surface area contributed by atoms with Gasteiger partial charge in [-0.2, -0.15) is 5.26 Å². The summed E-state index contributed by atoms with van der Waals surface area (Å²) < 4.78 is 10.7.